The van der Waals surface area contributed by atoms with Crippen molar-refractivity contribution in [1.82, 2.24) is 5.32 Å². The third kappa shape index (κ3) is 37.6. The summed E-state index contributed by atoms with van der Waals surface area (Å²) in [5.41, 5.74) is 0. The van der Waals surface area contributed by atoms with E-state index in [2.05, 4.69) is 19.2 Å². The van der Waals surface area contributed by atoms with Gasteiger partial charge in [0.1, 0.15) is 13.2 Å². The number of unbranched alkanes of at least 4 members (excludes halogenated alkanes) is 27. The number of quaternary nitrogens is 1. The molecule has 310 valence electrons. The Hall–Kier alpha value is -0.760. The Bertz CT molecular complexity index is 865. The standard InChI is InChI=1S/C43H87N2O6P/c1-6-8-10-12-14-16-18-20-21-22-23-25-26-28-30-32-34-36-42(46)41(40-51-52(48,49)50-39-38-45(3,4)5)44-43(47)37-35-33-31-29-27-24-19-17-15-13-11-9-7-2/h34,36,41-42,46H,6-33,35,37-40H2,1-5H3,(H-,44,47,48,49)/b36-34+. The average Bonchev–Trinajstić information content (AvgIpc) is 3.09. The van der Waals surface area contributed by atoms with E-state index in [4.69, 9.17) is 9.05 Å². The lowest BCUT2D eigenvalue weighted by molar-refractivity contribution is -0.870. The second kappa shape index (κ2) is 35.9. The van der Waals surface area contributed by atoms with Crippen molar-refractivity contribution in [1.29, 1.82) is 0 Å². The first-order chi connectivity index (χ1) is 25.0. The van der Waals surface area contributed by atoms with Crippen LogP contribution < -0.4 is 10.2 Å². The number of rotatable bonds is 40. The second-order valence-corrected chi connectivity index (χ2v) is 17.8. The summed E-state index contributed by atoms with van der Waals surface area (Å²) in [6.45, 7) is 4.65. The number of likely N-dealkylation sites (N-methyl/N-ethyl adjacent to an activating group) is 1. The molecule has 3 atom stereocenters. The van der Waals surface area contributed by atoms with Gasteiger partial charge in [-0.2, -0.15) is 0 Å². The number of hydrogen-bond donors (Lipinski definition) is 2. The molecule has 0 aromatic rings. The summed E-state index contributed by atoms with van der Waals surface area (Å²) in [6.07, 6.45) is 39.6. The predicted octanol–water partition coefficient (Wildman–Crippen LogP) is 11.3. The van der Waals surface area contributed by atoms with Gasteiger partial charge in [-0.1, -0.05) is 193 Å². The van der Waals surface area contributed by atoms with Gasteiger partial charge in [0.05, 0.1) is 39.9 Å². The average molecular weight is 759 g/mol. The molecule has 0 saturated heterocycles. The molecule has 1 amide bonds. The van der Waals surface area contributed by atoms with Gasteiger partial charge in [0.25, 0.3) is 7.82 Å². The minimum atomic E-state index is -4.58. The fourth-order valence-electron chi connectivity index (χ4n) is 6.45. The molecular formula is C43H87N2O6P. The third-order valence-corrected chi connectivity index (χ3v) is 11.0. The maximum atomic E-state index is 12.8. The normalized spacial score (nSPS) is 14.5. The van der Waals surface area contributed by atoms with Crippen LogP contribution >= 0.6 is 7.82 Å². The molecule has 0 aromatic heterocycles. The van der Waals surface area contributed by atoms with Crippen molar-refractivity contribution >= 4 is 13.7 Å². The first kappa shape index (κ1) is 51.2. The lowest BCUT2D eigenvalue weighted by Crippen LogP contribution is -2.45. The first-order valence-electron chi connectivity index (χ1n) is 22.1. The van der Waals surface area contributed by atoms with E-state index >= 15 is 0 Å². The molecule has 0 saturated carbocycles. The molecule has 0 heterocycles. The molecule has 3 unspecified atom stereocenters. The first-order valence-corrected chi connectivity index (χ1v) is 23.5. The highest BCUT2D eigenvalue weighted by molar-refractivity contribution is 7.45. The largest absolute Gasteiger partial charge is 0.756 e. The van der Waals surface area contributed by atoms with Gasteiger partial charge in [-0.15, -0.1) is 0 Å². The van der Waals surface area contributed by atoms with Crippen LogP contribution in [0.1, 0.15) is 206 Å². The molecule has 2 N–H and O–H groups in total. The van der Waals surface area contributed by atoms with E-state index in [1.807, 2.05) is 27.2 Å². The van der Waals surface area contributed by atoms with Gasteiger partial charge in [0.15, 0.2) is 0 Å². The number of nitrogens with zero attached hydrogens (tertiary/aromatic N) is 1. The van der Waals surface area contributed by atoms with E-state index < -0.39 is 20.0 Å². The molecule has 0 fully saturated rings. The summed E-state index contributed by atoms with van der Waals surface area (Å²) in [7, 11) is 1.27. The Morgan fingerprint density at radius 1 is 0.654 bits per heavy atom. The molecule has 0 aliphatic carbocycles. The number of aliphatic hydroxyl groups is 1. The lowest BCUT2D eigenvalue weighted by Gasteiger charge is -2.29. The molecule has 9 heteroatoms. The van der Waals surface area contributed by atoms with E-state index in [0.717, 1.165) is 38.5 Å². The number of amides is 1. The molecule has 0 bridgehead atoms. The molecule has 8 nitrogen and oxygen atoms in total. The summed E-state index contributed by atoms with van der Waals surface area (Å²) in [6, 6.07) is -0.879. The van der Waals surface area contributed by atoms with Gasteiger partial charge in [-0.25, -0.2) is 0 Å². The molecule has 52 heavy (non-hydrogen) atoms. The number of carbonyl (C=O) groups is 1. The Balaban J connectivity index is 4.41. The Morgan fingerprint density at radius 3 is 1.44 bits per heavy atom. The number of phosphoric ester groups is 1. The summed E-state index contributed by atoms with van der Waals surface area (Å²) in [4.78, 5) is 25.2. The maximum Gasteiger partial charge on any atom is 0.268 e. The van der Waals surface area contributed by atoms with Crippen molar-refractivity contribution in [3.63, 3.8) is 0 Å². The summed E-state index contributed by atoms with van der Waals surface area (Å²) in [5, 5.41) is 13.8. The fourth-order valence-corrected chi connectivity index (χ4v) is 7.17. The lowest BCUT2D eigenvalue weighted by atomic mass is 10.0. The zero-order valence-corrected chi connectivity index (χ0v) is 35.9. The van der Waals surface area contributed by atoms with Crippen LogP contribution in [0.2, 0.25) is 0 Å². The zero-order valence-electron chi connectivity index (χ0n) is 35.0. The minimum absolute atomic E-state index is 0.00205. The quantitative estimate of drug-likeness (QED) is 0.0279. The van der Waals surface area contributed by atoms with Crippen LogP contribution in [0, 0.1) is 0 Å². The molecular weight excluding hydrogens is 671 g/mol. The molecule has 0 aliphatic heterocycles. The van der Waals surface area contributed by atoms with Crippen LogP contribution in [0.25, 0.3) is 0 Å². The third-order valence-electron chi connectivity index (χ3n) is 10.00. The van der Waals surface area contributed by atoms with Crippen LogP contribution in [0.15, 0.2) is 12.2 Å². The van der Waals surface area contributed by atoms with E-state index in [9.17, 15) is 19.4 Å². The SMILES string of the molecule is CCCCCCCCCCCCCCCCC/C=C/C(O)C(COP(=O)([O-])OCC[N+](C)(C)C)NC(=O)CCCCCCCCCCCCCCC. The second-order valence-electron chi connectivity index (χ2n) is 16.4. The molecule has 0 aromatic carbocycles. The van der Waals surface area contributed by atoms with Crippen molar-refractivity contribution in [3.8, 4) is 0 Å². The molecule has 0 spiro atoms. The van der Waals surface area contributed by atoms with Crippen molar-refractivity contribution in [3.05, 3.63) is 12.2 Å². The summed E-state index contributed by atoms with van der Waals surface area (Å²) < 4.78 is 23.2. The van der Waals surface area contributed by atoms with Crippen LogP contribution in [0.5, 0.6) is 0 Å². The van der Waals surface area contributed by atoms with Gasteiger partial charge < -0.3 is 28.8 Å². The summed E-state index contributed by atoms with van der Waals surface area (Å²) in [5.74, 6) is -0.196. The number of nitrogens with one attached hydrogen (secondary N) is 1. The van der Waals surface area contributed by atoms with Crippen LogP contribution in [-0.4, -0.2) is 68.5 Å². The number of allylic oxidation sites excluding steroid dienone is 1. The Morgan fingerprint density at radius 2 is 1.04 bits per heavy atom. The highest BCUT2D eigenvalue weighted by Crippen LogP contribution is 2.38. The van der Waals surface area contributed by atoms with E-state index in [1.54, 1.807) is 6.08 Å². The Kier molecular flexibility index (Phi) is 35.4. The fraction of sp³-hybridized carbons (Fsp3) is 0.930. The maximum absolute atomic E-state index is 12.8. The highest BCUT2D eigenvalue weighted by atomic mass is 31.2. The van der Waals surface area contributed by atoms with Crippen LogP contribution in [0.3, 0.4) is 0 Å². The van der Waals surface area contributed by atoms with E-state index in [-0.39, 0.29) is 19.1 Å². The van der Waals surface area contributed by atoms with Gasteiger partial charge in [-0.05, 0) is 19.3 Å². The number of aliphatic hydroxyl groups excluding tert-OH is 1. The Labute approximate surface area is 322 Å². The van der Waals surface area contributed by atoms with Crippen LogP contribution in [0.4, 0.5) is 0 Å². The number of hydrogen-bond acceptors (Lipinski definition) is 6. The molecule has 0 radical (unpaired) electrons. The van der Waals surface area contributed by atoms with Gasteiger partial charge in [-0.3, -0.25) is 9.36 Å². The molecule has 0 rings (SSSR count). The predicted molar refractivity (Wildman–Crippen MR) is 219 cm³/mol. The zero-order chi connectivity index (χ0) is 38.6. The smallest absolute Gasteiger partial charge is 0.268 e. The van der Waals surface area contributed by atoms with E-state index in [1.165, 1.54) is 148 Å². The highest BCUT2D eigenvalue weighted by Gasteiger charge is 2.23. The van der Waals surface area contributed by atoms with E-state index in [0.29, 0.717) is 17.4 Å². The van der Waals surface area contributed by atoms with Crippen molar-refractivity contribution in [2.24, 2.45) is 0 Å². The monoisotopic (exact) mass is 759 g/mol. The van der Waals surface area contributed by atoms with Crippen molar-refractivity contribution < 1.29 is 32.9 Å². The van der Waals surface area contributed by atoms with Crippen molar-refractivity contribution in [2.75, 3.05) is 40.9 Å². The van der Waals surface area contributed by atoms with Gasteiger partial charge in [0, 0.05) is 6.42 Å². The van der Waals surface area contributed by atoms with Crippen molar-refractivity contribution in [2.45, 2.75) is 219 Å². The summed E-state index contributed by atoms with van der Waals surface area (Å²) >= 11 is 0. The topological polar surface area (TPSA) is 108 Å². The number of carbonyl (C=O) groups excluding carboxylic acids is 1. The van der Waals surface area contributed by atoms with Crippen LogP contribution in [-0.2, 0) is 18.4 Å². The van der Waals surface area contributed by atoms with Gasteiger partial charge >= 0.3 is 0 Å². The minimum Gasteiger partial charge on any atom is -0.756 e. The van der Waals surface area contributed by atoms with Gasteiger partial charge in [0.2, 0.25) is 5.91 Å². The molecule has 0 aliphatic rings. The number of phosphoric acid groups is 1.